The highest BCUT2D eigenvalue weighted by Crippen LogP contribution is 2.35. The van der Waals surface area contributed by atoms with Crippen LogP contribution < -0.4 is 0 Å². The van der Waals surface area contributed by atoms with Crippen LogP contribution in [0, 0.1) is 0 Å². The first-order chi connectivity index (χ1) is 6.50. The predicted octanol–water partition coefficient (Wildman–Crippen LogP) is 2.00. The summed E-state index contributed by atoms with van der Waals surface area (Å²) < 4.78 is 5.32. The Morgan fingerprint density at radius 1 is 1.57 bits per heavy atom. The number of aliphatic hydroxyl groups is 1. The van der Waals surface area contributed by atoms with Crippen LogP contribution in [-0.4, -0.2) is 16.7 Å². The van der Waals surface area contributed by atoms with Gasteiger partial charge in [-0.15, -0.1) is 11.3 Å². The molecule has 78 valence electrons. The minimum Gasteiger partial charge on any atom is -0.381 e. The minimum atomic E-state index is -0.906. The standard InChI is InChI=1S/C10H15NO2S/c1-6(2)9-11-8-7(14-9)4-13-5-10(8,3)12/h6,12H,4-5H2,1-3H3. The topological polar surface area (TPSA) is 42.4 Å². The Morgan fingerprint density at radius 2 is 2.29 bits per heavy atom. The average molecular weight is 213 g/mol. The van der Waals surface area contributed by atoms with Gasteiger partial charge < -0.3 is 9.84 Å². The van der Waals surface area contributed by atoms with Crippen molar-refractivity contribution in [3.05, 3.63) is 15.6 Å². The molecule has 14 heavy (non-hydrogen) atoms. The SMILES string of the molecule is CC(C)c1nc2c(s1)COCC2(C)O. The summed E-state index contributed by atoms with van der Waals surface area (Å²) >= 11 is 1.65. The fourth-order valence-corrected chi connectivity index (χ4v) is 2.68. The molecule has 1 N–H and O–H groups in total. The summed E-state index contributed by atoms with van der Waals surface area (Å²) in [5.74, 6) is 0.418. The largest absolute Gasteiger partial charge is 0.381 e. The highest BCUT2D eigenvalue weighted by molar-refractivity contribution is 7.11. The van der Waals surface area contributed by atoms with E-state index in [1.54, 1.807) is 18.3 Å². The summed E-state index contributed by atoms with van der Waals surface area (Å²) in [5.41, 5.74) is -0.0884. The van der Waals surface area contributed by atoms with Crippen molar-refractivity contribution >= 4 is 11.3 Å². The molecule has 4 heteroatoms. The Kier molecular flexibility index (Phi) is 2.37. The molecule has 1 aromatic heterocycles. The molecule has 0 aromatic carbocycles. The molecule has 0 radical (unpaired) electrons. The highest BCUT2D eigenvalue weighted by atomic mass is 32.1. The first kappa shape index (κ1) is 10.1. The maximum Gasteiger partial charge on any atom is 0.128 e. The zero-order chi connectivity index (χ0) is 10.3. The third-order valence-electron chi connectivity index (χ3n) is 2.33. The number of hydrogen-bond acceptors (Lipinski definition) is 4. The van der Waals surface area contributed by atoms with Gasteiger partial charge in [0.2, 0.25) is 0 Å². The van der Waals surface area contributed by atoms with E-state index < -0.39 is 5.60 Å². The second-order valence-corrected chi connectivity index (χ2v) is 5.36. The third-order valence-corrected chi connectivity index (χ3v) is 3.66. The summed E-state index contributed by atoms with van der Waals surface area (Å²) in [7, 11) is 0. The molecule has 0 amide bonds. The molecule has 1 unspecified atom stereocenters. The molecular formula is C10H15NO2S. The van der Waals surface area contributed by atoms with Crippen LogP contribution in [0.4, 0.5) is 0 Å². The zero-order valence-electron chi connectivity index (χ0n) is 8.70. The Balaban J connectivity index is 2.44. The molecule has 0 saturated heterocycles. The van der Waals surface area contributed by atoms with Gasteiger partial charge in [0.05, 0.1) is 28.8 Å². The smallest absolute Gasteiger partial charge is 0.128 e. The number of ether oxygens (including phenoxy) is 1. The Morgan fingerprint density at radius 3 is 2.86 bits per heavy atom. The van der Waals surface area contributed by atoms with Gasteiger partial charge in [0.25, 0.3) is 0 Å². The van der Waals surface area contributed by atoms with Gasteiger partial charge in [-0.25, -0.2) is 4.98 Å². The average Bonchev–Trinajstić information content (AvgIpc) is 2.48. The molecule has 2 rings (SSSR count). The molecule has 0 spiro atoms. The Hall–Kier alpha value is -0.450. The van der Waals surface area contributed by atoms with Crippen LogP contribution in [0.3, 0.4) is 0 Å². The maximum atomic E-state index is 10.0. The summed E-state index contributed by atoms with van der Waals surface area (Å²) in [5, 5.41) is 11.1. The molecule has 0 fully saturated rings. The quantitative estimate of drug-likeness (QED) is 0.776. The second-order valence-electron chi connectivity index (χ2n) is 4.25. The fraction of sp³-hybridized carbons (Fsp3) is 0.700. The van der Waals surface area contributed by atoms with Gasteiger partial charge in [0, 0.05) is 5.92 Å². The van der Waals surface area contributed by atoms with Crippen molar-refractivity contribution in [1.29, 1.82) is 0 Å². The van der Waals surface area contributed by atoms with Crippen molar-refractivity contribution in [3.63, 3.8) is 0 Å². The molecule has 0 saturated carbocycles. The molecule has 2 heterocycles. The van der Waals surface area contributed by atoms with Crippen molar-refractivity contribution in [1.82, 2.24) is 4.98 Å². The first-order valence-corrected chi connectivity index (χ1v) is 5.62. The molecule has 3 nitrogen and oxygen atoms in total. The predicted molar refractivity (Wildman–Crippen MR) is 55.4 cm³/mol. The number of hydrogen-bond donors (Lipinski definition) is 1. The van der Waals surface area contributed by atoms with Crippen LogP contribution in [0.1, 0.15) is 42.3 Å². The van der Waals surface area contributed by atoms with Crippen molar-refractivity contribution < 1.29 is 9.84 Å². The van der Waals surface area contributed by atoms with E-state index in [4.69, 9.17) is 4.74 Å². The zero-order valence-corrected chi connectivity index (χ0v) is 9.52. The number of nitrogens with zero attached hydrogens (tertiary/aromatic N) is 1. The molecule has 1 aliphatic heterocycles. The number of thiazole rings is 1. The Labute approximate surface area is 87.7 Å². The van der Waals surface area contributed by atoms with E-state index in [1.807, 2.05) is 0 Å². The highest BCUT2D eigenvalue weighted by Gasteiger charge is 2.34. The normalized spacial score (nSPS) is 26.6. The van der Waals surface area contributed by atoms with E-state index in [2.05, 4.69) is 18.8 Å². The van der Waals surface area contributed by atoms with Gasteiger partial charge >= 0.3 is 0 Å². The van der Waals surface area contributed by atoms with Crippen LogP contribution in [0.2, 0.25) is 0 Å². The van der Waals surface area contributed by atoms with Crippen molar-refractivity contribution in [2.75, 3.05) is 6.61 Å². The molecule has 0 bridgehead atoms. The van der Waals surface area contributed by atoms with Crippen LogP contribution in [-0.2, 0) is 16.9 Å². The van der Waals surface area contributed by atoms with Crippen molar-refractivity contribution in [2.45, 2.75) is 38.9 Å². The summed E-state index contributed by atoms with van der Waals surface area (Å²) in [6.45, 7) is 6.92. The van der Waals surface area contributed by atoms with E-state index in [0.29, 0.717) is 19.1 Å². The third kappa shape index (κ3) is 1.58. The molecular weight excluding hydrogens is 198 g/mol. The van der Waals surface area contributed by atoms with Gasteiger partial charge in [-0.1, -0.05) is 13.8 Å². The van der Waals surface area contributed by atoms with Crippen LogP contribution in [0.25, 0.3) is 0 Å². The molecule has 1 aromatic rings. The summed E-state index contributed by atoms with van der Waals surface area (Å²) in [4.78, 5) is 5.57. The lowest BCUT2D eigenvalue weighted by molar-refractivity contribution is -0.0617. The Bertz CT molecular complexity index is 344. The molecule has 1 aliphatic rings. The van der Waals surface area contributed by atoms with E-state index in [9.17, 15) is 5.11 Å². The van der Waals surface area contributed by atoms with Gasteiger partial charge in [-0.05, 0) is 6.92 Å². The lowest BCUT2D eigenvalue weighted by Gasteiger charge is -2.26. The maximum absolute atomic E-state index is 10.0. The van der Waals surface area contributed by atoms with Gasteiger partial charge in [-0.3, -0.25) is 0 Å². The van der Waals surface area contributed by atoms with Crippen LogP contribution in [0.5, 0.6) is 0 Å². The lowest BCUT2D eigenvalue weighted by atomic mass is 10.0. The fourth-order valence-electron chi connectivity index (χ4n) is 1.55. The summed E-state index contributed by atoms with van der Waals surface area (Å²) in [6, 6.07) is 0. The van der Waals surface area contributed by atoms with Gasteiger partial charge in [0.15, 0.2) is 0 Å². The minimum absolute atomic E-state index is 0.348. The van der Waals surface area contributed by atoms with E-state index in [1.165, 1.54) is 0 Å². The van der Waals surface area contributed by atoms with Crippen LogP contribution in [0.15, 0.2) is 0 Å². The van der Waals surface area contributed by atoms with E-state index in [-0.39, 0.29) is 0 Å². The molecule has 1 atom stereocenters. The van der Waals surface area contributed by atoms with Gasteiger partial charge in [-0.2, -0.15) is 0 Å². The lowest BCUT2D eigenvalue weighted by Crippen LogP contribution is -2.32. The van der Waals surface area contributed by atoms with E-state index in [0.717, 1.165) is 15.6 Å². The number of fused-ring (bicyclic) bond motifs is 1. The van der Waals surface area contributed by atoms with Crippen LogP contribution >= 0.6 is 11.3 Å². The number of aromatic nitrogens is 1. The first-order valence-electron chi connectivity index (χ1n) is 4.81. The summed E-state index contributed by atoms with van der Waals surface area (Å²) in [6.07, 6.45) is 0. The second kappa shape index (κ2) is 3.29. The monoisotopic (exact) mass is 213 g/mol. The van der Waals surface area contributed by atoms with E-state index >= 15 is 0 Å². The van der Waals surface area contributed by atoms with Crippen molar-refractivity contribution in [2.24, 2.45) is 0 Å². The van der Waals surface area contributed by atoms with Crippen molar-refractivity contribution in [3.8, 4) is 0 Å². The number of rotatable bonds is 1. The van der Waals surface area contributed by atoms with Gasteiger partial charge in [0.1, 0.15) is 5.60 Å². The molecule has 0 aliphatic carbocycles.